The van der Waals surface area contributed by atoms with E-state index in [1.165, 1.54) is 16.7 Å². The number of nitrogens with one attached hydrogen (secondary N) is 1. The van der Waals surface area contributed by atoms with Gasteiger partial charge in [-0.25, -0.2) is 0 Å². The van der Waals surface area contributed by atoms with Crippen LogP contribution in [0, 0.1) is 13.8 Å². The first-order valence-electron chi connectivity index (χ1n) is 8.60. The van der Waals surface area contributed by atoms with Gasteiger partial charge in [0.25, 0.3) is 0 Å². The molecule has 4 heteroatoms. The minimum Gasteiger partial charge on any atom is -0.497 e. The summed E-state index contributed by atoms with van der Waals surface area (Å²) in [5.41, 5.74) is 4.92. The molecule has 1 atom stereocenters. The first-order chi connectivity index (χ1) is 12.0. The Morgan fingerprint density at radius 2 is 1.76 bits per heavy atom. The first kappa shape index (κ1) is 19.4. The van der Waals surface area contributed by atoms with Crippen molar-refractivity contribution in [3.8, 4) is 5.75 Å². The standard InChI is InChI=1S/C21H27NO2S/c1-5-20(18-6-8-19(24-4)9-7-18)22-21(23)14-25-13-17-11-15(2)10-16(3)12-17/h6-12,20H,5,13-14H2,1-4H3,(H,22,23)/t20-/m1/s1. The number of carbonyl (C=O) groups is 1. The molecule has 0 aliphatic rings. The number of methoxy groups -OCH3 is 1. The van der Waals surface area contributed by atoms with Gasteiger partial charge in [0, 0.05) is 5.75 Å². The molecule has 0 aliphatic heterocycles. The second-order valence-corrected chi connectivity index (χ2v) is 7.28. The fourth-order valence-electron chi connectivity index (χ4n) is 2.91. The number of benzene rings is 2. The fourth-order valence-corrected chi connectivity index (χ4v) is 3.68. The minimum atomic E-state index is 0.0419. The van der Waals surface area contributed by atoms with E-state index in [2.05, 4.69) is 44.3 Å². The average molecular weight is 358 g/mol. The highest BCUT2D eigenvalue weighted by Crippen LogP contribution is 2.21. The molecule has 2 rings (SSSR count). The highest BCUT2D eigenvalue weighted by molar-refractivity contribution is 7.99. The molecule has 0 unspecified atom stereocenters. The third-order valence-corrected chi connectivity index (χ3v) is 5.05. The topological polar surface area (TPSA) is 38.3 Å². The van der Waals surface area contributed by atoms with E-state index in [4.69, 9.17) is 4.74 Å². The molecule has 0 saturated carbocycles. The van der Waals surface area contributed by atoms with Crippen molar-refractivity contribution in [1.82, 2.24) is 5.32 Å². The molecule has 0 aromatic heterocycles. The lowest BCUT2D eigenvalue weighted by molar-refractivity contribution is -0.119. The van der Waals surface area contributed by atoms with Gasteiger partial charge in [0.1, 0.15) is 5.75 Å². The molecule has 3 nitrogen and oxygen atoms in total. The molecule has 0 saturated heterocycles. The van der Waals surface area contributed by atoms with E-state index in [-0.39, 0.29) is 11.9 Å². The van der Waals surface area contributed by atoms with Crippen LogP contribution >= 0.6 is 11.8 Å². The molecule has 25 heavy (non-hydrogen) atoms. The van der Waals surface area contributed by atoms with Crippen LogP contribution in [0.5, 0.6) is 5.75 Å². The Balaban J connectivity index is 1.85. The van der Waals surface area contributed by atoms with Crippen molar-refractivity contribution in [2.75, 3.05) is 12.9 Å². The molecule has 0 aliphatic carbocycles. The third kappa shape index (κ3) is 6.13. The van der Waals surface area contributed by atoms with Gasteiger partial charge in [0.15, 0.2) is 0 Å². The van der Waals surface area contributed by atoms with E-state index in [0.717, 1.165) is 23.5 Å². The maximum absolute atomic E-state index is 12.3. The number of hydrogen-bond donors (Lipinski definition) is 1. The smallest absolute Gasteiger partial charge is 0.230 e. The summed E-state index contributed by atoms with van der Waals surface area (Å²) in [7, 11) is 1.65. The molecule has 134 valence electrons. The first-order valence-corrected chi connectivity index (χ1v) is 9.75. The van der Waals surface area contributed by atoms with Crippen LogP contribution in [-0.2, 0) is 10.5 Å². The second-order valence-electron chi connectivity index (χ2n) is 6.29. The van der Waals surface area contributed by atoms with Crippen LogP contribution < -0.4 is 10.1 Å². The molecule has 0 heterocycles. The van der Waals surface area contributed by atoms with E-state index in [0.29, 0.717) is 5.75 Å². The molecule has 0 radical (unpaired) electrons. The molecule has 2 aromatic carbocycles. The Kier molecular flexibility index (Phi) is 7.38. The van der Waals surface area contributed by atoms with Crippen LogP contribution in [0.3, 0.4) is 0 Å². The van der Waals surface area contributed by atoms with Gasteiger partial charge in [-0.3, -0.25) is 4.79 Å². The number of ether oxygens (including phenoxy) is 1. The quantitative estimate of drug-likeness (QED) is 0.736. The summed E-state index contributed by atoms with van der Waals surface area (Å²) in [6.07, 6.45) is 0.861. The fraction of sp³-hybridized carbons (Fsp3) is 0.381. The lowest BCUT2D eigenvalue weighted by Gasteiger charge is -2.18. The highest BCUT2D eigenvalue weighted by Gasteiger charge is 2.13. The molecule has 1 amide bonds. The third-order valence-electron chi connectivity index (χ3n) is 4.04. The Morgan fingerprint density at radius 3 is 2.32 bits per heavy atom. The van der Waals surface area contributed by atoms with E-state index < -0.39 is 0 Å². The van der Waals surface area contributed by atoms with Gasteiger partial charge in [-0.15, -0.1) is 11.8 Å². The Bertz CT molecular complexity index is 677. The summed E-state index contributed by atoms with van der Waals surface area (Å²) in [5, 5.41) is 3.13. The van der Waals surface area contributed by atoms with E-state index >= 15 is 0 Å². The van der Waals surface area contributed by atoms with Crippen molar-refractivity contribution in [1.29, 1.82) is 0 Å². The van der Waals surface area contributed by atoms with Gasteiger partial charge in [-0.1, -0.05) is 48.4 Å². The predicted molar refractivity (Wildman–Crippen MR) is 106 cm³/mol. The Morgan fingerprint density at radius 1 is 1.12 bits per heavy atom. The van der Waals surface area contributed by atoms with Crippen LogP contribution in [0.2, 0.25) is 0 Å². The zero-order valence-corrected chi connectivity index (χ0v) is 16.3. The minimum absolute atomic E-state index is 0.0419. The summed E-state index contributed by atoms with van der Waals surface area (Å²) in [5.74, 6) is 2.24. The Labute approximate surface area is 155 Å². The zero-order chi connectivity index (χ0) is 18.2. The lowest BCUT2D eigenvalue weighted by atomic mass is 10.0. The van der Waals surface area contributed by atoms with Gasteiger partial charge in [-0.05, 0) is 43.5 Å². The molecular formula is C21H27NO2S. The number of thioether (sulfide) groups is 1. The summed E-state index contributed by atoms with van der Waals surface area (Å²) in [4.78, 5) is 12.3. The van der Waals surface area contributed by atoms with Gasteiger partial charge in [0.2, 0.25) is 5.91 Å². The van der Waals surface area contributed by atoms with Crippen LogP contribution in [0.25, 0.3) is 0 Å². The van der Waals surface area contributed by atoms with Crippen molar-refractivity contribution in [2.24, 2.45) is 0 Å². The zero-order valence-electron chi connectivity index (χ0n) is 15.5. The molecule has 2 aromatic rings. The van der Waals surface area contributed by atoms with Gasteiger partial charge in [0.05, 0.1) is 18.9 Å². The molecule has 0 bridgehead atoms. The van der Waals surface area contributed by atoms with Crippen molar-refractivity contribution >= 4 is 17.7 Å². The lowest BCUT2D eigenvalue weighted by Crippen LogP contribution is -2.29. The van der Waals surface area contributed by atoms with Crippen molar-refractivity contribution in [2.45, 2.75) is 39.0 Å². The number of carbonyl (C=O) groups excluding carboxylic acids is 1. The van der Waals surface area contributed by atoms with E-state index in [9.17, 15) is 4.79 Å². The molecule has 1 N–H and O–H groups in total. The second kappa shape index (κ2) is 9.52. The normalized spacial score (nSPS) is 11.8. The van der Waals surface area contributed by atoms with Gasteiger partial charge >= 0.3 is 0 Å². The molecule has 0 fully saturated rings. The van der Waals surface area contributed by atoms with Crippen LogP contribution in [0.15, 0.2) is 42.5 Å². The van der Waals surface area contributed by atoms with Crippen molar-refractivity contribution in [3.63, 3.8) is 0 Å². The largest absolute Gasteiger partial charge is 0.497 e. The SMILES string of the molecule is CC[C@@H](NC(=O)CSCc1cc(C)cc(C)c1)c1ccc(OC)cc1. The van der Waals surface area contributed by atoms with Crippen LogP contribution in [0.1, 0.15) is 41.6 Å². The van der Waals surface area contributed by atoms with E-state index in [1.807, 2.05) is 24.3 Å². The number of hydrogen-bond acceptors (Lipinski definition) is 3. The monoisotopic (exact) mass is 357 g/mol. The Hall–Kier alpha value is -1.94. The maximum atomic E-state index is 12.3. The van der Waals surface area contributed by atoms with Gasteiger partial charge < -0.3 is 10.1 Å². The number of rotatable bonds is 8. The van der Waals surface area contributed by atoms with E-state index in [1.54, 1.807) is 18.9 Å². The molecular weight excluding hydrogens is 330 g/mol. The highest BCUT2D eigenvalue weighted by atomic mass is 32.2. The van der Waals surface area contributed by atoms with Crippen molar-refractivity contribution in [3.05, 3.63) is 64.7 Å². The van der Waals surface area contributed by atoms with Crippen LogP contribution in [-0.4, -0.2) is 18.8 Å². The summed E-state index contributed by atoms with van der Waals surface area (Å²) >= 11 is 1.65. The maximum Gasteiger partial charge on any atom is 0.230 e. The van der Waals surface area contributed by atoms with Crippen LogP contribution in [0.4, 0.5) is 0 Å². The average Bonchev–Trinajstić information content (AvgIpc) is 2.59. The predicted octanol–water partition coefficient (Wildman–Crippen LogP) is 4.81. The van der Waals surface area contributed by atoms with Gasteiger partial charge in [-0.2, -0.15) is 0 Å². The summed E-state index contributed by atoms with van der Waals surface area (Å²) in [6, 6.07) is 14.5. The van der Waals surface area contributed by atoms with Crippen molar-refractivity contribution < 1.29 is 9.53 Å². The summed E-state index contributed by atoms with van der Waals surface area (Å²) < 4.78 is 5.18. The molecule has 0 spiro atoms. The number of aryl methyl sites for hydroxylation is 2. The summed E-state index contributed by atoms with van der Waals surface area (Å²) in [6.45, 7) is 6.29. The number of amides is 1.